The van der Waals surface area contributed by atoms with Gasteiger partial charge in [0.2, 0.25) is 5.88 Å². The quantitative estimate of drug-likeness (QED) is 0.427. The van der Waals surface area contributed by atoms with Crippen LogP contribution in [0, 0.1) is 6.92 Å². The second-order valence-electron chi connectivity index (χ2n) is 7.24. The van der Waals surface area contributed by atoms with Crippen LogP contribution in [0.25, 0.3) is 11.7 Å². The monoisotopic (exact) mass is 421 g/mol. The van der Waals surface area contributed by atoms with Crippen LogP contribution >= 0.6 is 0 Å². The van der Waals surface area contributed by atoms with Crippen molar-refractivity contribution < 1.29 is 14.6 Å². The Hall–Kier alpha value is -4.15. The zero-order chi connectivity index (χ0) is 21.5. The van der Waals surface area contributed by atoms with Crippen LogP contribution in [0.15, 0.2) is 34.2 Å². The molecule has 0 saturated heterocycles. The van der Waals surface area contributed by atoms with Gasteiger partial charge < -0.3 is 19.6 Å². The van der Waals surface area contributed by atoms with Crippen molar-refractivity contribution in [2.24, 2.45) is 4.99 Å². The number of methoxy groups -OCH3 is 1. The maximum atomic E-state index is 11.4. The SMILES string of the molecule is COc1cc(C)ccc1Oc1nc(=NC2CC2)n2nc/c(=C\c3[nH]c(=O)[nH]c3O)c2n1. The van der Waals surface area contributed by atoms with E-state index in [2.05, 4.69) is 30.0 Å². The van der Waals surface area contributed by atoms with Crippen molar-refractivity contribution in [3.8, 4) is 23.4 Å². The number of hydrogen-bond donors (Lipinski definition) is 3. The number of imidazole rings is 1. The van der Waals surface area contributed by atoms with E-state index in [9.17, 15) is 9.90 Å². The first-order chi connectivity index (χ1) is 15.0. The van der Waals surface area contributed by atoms with Crippen molar-refractivity contribution in [1.29, 1.82) is 0 Å². The summed E-state index contributed by atoms with van der Waals surface area (Å²) >= 11 is 0. The number of aromatic nitrogens is 6. The fraction of sp³-hybridized carbons (Fsp3) is 0.250. The molecule has 0 bridgehead atoms. The third-order valence-corrected chi connectivity index (χ3v) is 4.76. The highest BCUT2D eigenvalue weighted by Crippen LogP contribution is 2.30. The molecule has 4 aromatic rings. The summed E-state index contributed by atoms with van der Waals surface area (Å²) in [6.07, 6.45) is 5.09. The molecule has 3 heterocycles. The first-order valence-corrected chi connectivity index (χ1v) is 9.65. The number of nitrogens with zero attached hydrogens (tertiary/aromatic N) is 5. The normalized spacial score (nSPS) is 15.0. The van der Waals surface area contributed by atoms with E-state index in [0.717, 1.165) is 18.4 Å². The Morgan fingerprint density at radius 2 is 2.10 bits per heavy atom. The lowest BCUT2D eigenvalue weighted by Crippen LogP contribution is -2.23. The topological polar surface area (TPSA) is 143 Å². The molecule has 1 saturated carbocycles. The summed E-state index contributed by atoms with van der Waals surface area (Å²) in [7, 11) is 1.56. The highest BCUT2D eigenvalue weighted by atomic mass is 16.5. The first-order valence-electron chi connectivity index (χ1n) is 9.65. The van der Waals surface area contributed by atoms with Crippen LogP contribution < -0.4 is 26.0 Å². The van der Waals surface area contributed by atoms with Crippen molar-refractivity contribution in [2.45, 2.75) is 25.8 Å². The minimum absolute atomic E-state index is 0.0796. The lowest BCUT2D eigenvalue weighted by Gasteiger charge is -2.09. The number of nitrogens with one attached hydrogen (secondary N) is 2. The number of fused-ring (bicyclic) bond motifs is 1. The summed E-state index contributed by atoms with van der Waals surface area (Å²) in [5.74, 6) is 0.744. The van der Waals surface area contributed by atoms with Crippen LogP contribution in [0.5, 0.6) is 23.4 Å². The predicted molar refractivity (Wildman–Crippen MR) is 109 cm³/mol. The van der Waals surface area contributed by atoms with Gasteiger partial charge in [-0.05, 0) is 43.5 Å². The zero-order valence-electron chi connectivity index (χ0n) is 16.8. The molecule has 158 valence electrons. The lowest BCUT2D eigenvalue weighted by atomic mass is 10.2. The maximum absolute atomic E-state index is 11.4. The van der Waals surface area contributed by atoms with Gasteiger partial charge in [0, 0.05) is 5.22 Å². The van der Waals surface area contributed by atoms with Gasteiger partial charge in [-0.2, -0.15) is 19.6 Å². The number of aromatic hydroxyl groups is 1. The van der Waals surface area contributed by atoms with Gasteiger partial charge in [0.25, 0.3) is 5.62 Å². The summed E-state index contributed by atoms with van der Waals surface area (Å²) in [5.41, 5.74) is 1.49. The third-order valence-electron chi connectivity index (χ3n) is 4.76. The molecular weight excluding hydrogens is 402 g/mol. The minimum atomic E-state index is -0.519. The number of rotatable bonds is 5. The van der Waals surface area contributed by atoms with E-state index < -0.39 is 5.69 Å². The minimum Gasteiger partial charge on any atom is -0.493 e. The van der Waals surface area contributed by atoms with Crippen molar-refractivity contribution >= 4 is 11.7 Å². The average Bonchev–Trinajstić information content (AvgIpc) is 3.38. The number of benzene rings is 1. The van der Waals surface area contributed by atoms with Gasteiger partial charge in [0.05, 0.1) is 19.3 Å². The average molecular weight is 421 g/mol. The Morgan fingerprint density at radius 3 is 2.81 bits per heavy atom. The van der Waals surface area contributed by atoms with Crippen molar-refractivity contribution in [2.75, 3.05) is 7.11 Å². The molecule has 1 aliphatic carbocycles. The molecule has 3 aromatic heterocycles. The molecule has 0 radical (unpaired) electrons. The third kappa shape index (κ3) is 3.72. The number of hydrogen-bond acceptors (Lipinski definition) is 8. The van der Waals surface area contributed by atoms with Gasteiger partial charge in [-0.25, -0.2) is 9.79 Å². The Kier molecular flexibility index (Phi) is 4.42. The summed E-state index contributed by atoms with van der Waals surface area (Å²) in [5, 5.41) is 14.7. The fourth-order valence-electron chi connectivity index (χ4n) is 3.06. The summed E-state index contributed by atoms with van der Waals surface area (Å²) in [6, 6.07) is 5.81. The second kappa shape index (κ2) is 7.27. The Balaban J connectivity index is 1.68. The zero-order valence-corrected chi connectivity index (χ0v) is 16.8. The van der Waals surface area contributed by atoms with E-state index in [0.29, 0.717) is 28.0 Å². The molecule has 0 unspecified atom stereocenters. The highest BCUT2D eigenvalue weighted by molar-refractivity contribution is 5.56. The van der Waals surface area contributed by atoms with E-state index in [1.54, 1.807) is 25.4 Å². The molecule has 5 rings (SSSR count). The van der Waals surface area contributed by atoms with Gasteiger partial charge >= 0.3 is 11.7 Å². The van der Waals surface area contributed by atoms with E-state index >= 15 is 0 Å². The number of aryl methyl sites for hydroxylation is 1. The van der Waals surface area contributed by atoms with Crippen LogP contribution in [0.1, 0.15) is 24.1 Å². The van der Waals surface area contributed by atoms with E-state index in [-0.39, 0.29) is 23.6 Å². The molecule has 0 amide bonds. The molecule has 1 aliphatic rings. The number of aromatic amines is 2. The Morgan fingerprint density at radius 1 is 1.26 bits per heavy atom. The molecular formula is C20H19N7O4. The predicted octanol–water partition coefficient (Wildman–Crippen LogP) is 0.566. The molecule has 31 heavy (non-hydrogen) atoms. The Labute approximate surface area is 174 Å². The van der Waals surface area contributed by atoms with Crippen LogP contribution in [-0.4, -0.2) is 47.8 Å². The van der Waals surface area contributed by atoms with Crippen LogP contribution in [0.2, 0.25) is 0 Å². The van der Waals surface area contributed by atoms with E-state index in [4.69, 9.17) is 9.47 Å². The summed E-state index contributed by atoms with van der Waals surface area (Å²) in [4.78, 5) is 29.8. The second-order valence-corrected chi connectivity index (χ2v) is 7.24. The largest absolute Gasteiger partial charge is 0.493 e. The van der Waals surface area contributed by atoms with E-state index in [1.165, 1.54) is 4.52 Å². The van der Waals surface area contributed by atoms with Crippen molar-refractivity contribution in [1.82, 2.24) is 29.5 Å². The molecule has 11 heteroatoms. The van der Waals surface area contributed by atoms with Crippen molar-refractivity contribution in [3.05, 3.63) is 57.0 Å². The smallest absolute Gasteiger partial charge is 0.327 e. The van der Waals surface area contributed by atoms with Gasteiger partial charge in [0.1, 0.15) is 5.69 Å². The lowest BCUT2D eigenvalue weighted by molar-refractivity contribution is 0.366. The van der Waals surface area contributed by atoms with Gasteiger partial charge in [-0.3, -0.25) is 4.98 Å². The molecule has 0 atom stereocenters. The van der Waals surface area contributed by atoms with Crippen molar-refractivity contribution in [3.63, 3.8) is 0 Å². The standard InChI is InChI=1S/C20H19N7O4/c1-10-3-6-14(15(7-10)30-2)31-20-24-16-11(8-13-17(28)25-19(29)23-13)9-21-27(16)18(26-20)22-12-4-5-12/h3,6-9,12,28H,4-5H2,1-2H3,(H2,23,25,29)/b11-8+,22-18?. The number of ether oxygens (including phenoxy) is 2. The molecule has 0 aliphatic heterocycles. The summed E-state index contributed by atoms with van der Waals surface area (Å²) < 4.78 is 12.8. The fourth-order valence-corrected chi connectivity index (χ4v) is 3.06. The summed E-state index contributed by atoms with van der Waals surface area (Å²) in [6.45, 7) is 1.95. The van der Waals surface area contributed by atoms with Gasteiger partial charge in [-0.15, -0.1) is 0 Å². The molecule has 1 aromatic carbocycles. The molecule has 1 fully saturated rings. The molecule has 0 spiro atoms. The first kappa shape index (κ1) is 18.9. The highest BCUT2D eigenvalue weighted by Gasteiger charge is 2.21. The van der Waals surface area contributed by atoms with E-state index in [1.807, 2.05) is 19.1 Å². The number of H-pyrrole nitrogens is 2. The van der Waals surface area contributed by atoms with Crippen LogP contribution in [0.3, 0.4) is 0 Å². The molecule has 11 nitrogen and oxygen atoms in total. The molecule has 3 N–H and O–H groups in total. The van der Waals surface area contributed by atoms with Gasteiger partial charge in [-0.1, -0.05) is 6.07 Å². The van der Waals surface area contributed by atoms with Crippen LogP contribution in [-0.2, 0) is 0 Å². The van der Waals surface area contributed by atoms with Crippen LogP contribution in [0.4, 0.5) is 0 Å². The Bertz CT molecular complexity index is 1460. The van der Waals surface area contributed by atoms with Gasteiger partial charge in [0.15, 0.2) is 17.1 Å². The maximum Gasteiger partial charge on any atom is 0.327 e.